The third-order valence-corrected chi connectivity index (χ3v) is 4.61. The van der Waals surface area contributed by atoms with Gasteiger partial charge in [-0.3, -0.25) is 0 Å². The van der Waals surface area contributed by atoms with Gasteiger partial charge < -0.3 is 15.5 Å². The van der Waals surface area contributed by atoms with Gasteiger partial charge >= 0.3 is 6.03 Å². The molecular weight excluding hydrogens is 282 g/mol. The first-order valence-corrected chi connectivity index (χ1v) is 8.68. The van der Waals surface area contributed by atoms with Gasteiger partial charge in [0.05, 0.1) is 0 Å². The second kappa shape index (κ2) is 8.29. The van der Waals surface area contributed by atoms with E-state index in [1.807, 2.05) is 16.7 Å². The monoisotopic (exact) mass is 307 g/mol. The molecule has 4 nitrogen and oxygen atoms in total. The van der Waals surface area contributed by atoms with E-state index < -0.39 is 0 Å². The van der Waals surface area contributed by atoms with Crippen LogP contribution in [-0.2, 0) is 0 Å². The van der Waals surface area contributed by atoms with Crippen LogP contribution >= 0.6 is 11.8 Å². The summed E-state index contributed by atoms with van der Waals surface area (Å²) in [5.41, 5.74) is 1.33. The van der Waals surface area contributed by atoms with Gasteiger partial charge in [-0.15, -0.1) is 11.8 Å². The summed E-state index contributed by atoms with van der Waals surface area (Å²) in [5.74, 6) is 0.938. The Balaban J connectivity index is 1.81. The summed E-state index contributed by atoms with van der Waals surface area (Å²) in [6, 6.07) is 9.14. The zero-order chi connectivity index (χ0) is 15.1. The number of benzene rings is 1. The number of amides is 2. The van der Waals surface area contributed by atoms with Gasteiger partial charge in [-0.1, -0.05) is 19.1 Å². The average molecular weight is 307 g/mol. The van der Waals surface area contributed by atoms with Crippen LogP contribution in [0.1, 0.15) is 31.9 Å². The predicted molar refractivity (Wildman–Crippen MR) is 88.8 cm³/mol. The van der Waals surface area contributed by atoms with Crippen LogP contribution in [0.2, 0.25) is 0 Å². The minimum Gasteiger partial charge on any atom is -0.336 e. The van der Waals surface area contributed by atoms with E-state index in [4.69, 9.17) is 0 Å². The summed E-state index contributed by atoms with van der Waals surface area (Å²) in [4.78, 5) is 14.6. The van der Waals surface area contributed by atoms with Gasteiger partial charge in [-0.25, -0.2) is 4.79 Å². The molecule has 0 aromatic heterocycles. The Kier molecular flexibility index (Phi) is 6.39. The van der Waals surface area contributed by atoms with E-state index in [-0.39, 0.29) is 6.03 Å². The highest BCUT2D eigenvalue weighted by molar-refractivity contribution is 7.99. The zero-order valence-electron chi connectivity index (χ0n) is 12.9. The summed E-state index contributed by atoms with van der Waals surface area (Å²) < 4.78 is 0. The van der Waals surface area contributed by atoms with Crippen LogP contribution in [0.25, 0.3) is 0 Å². The Hall–Kier alpha value is -1.20. The van der Waals surface area contributed by atoms with Gasteiger partial charge in [0.25, 0.3) is 0 Å². The maximum absolute atomic E-state index is 11.5. The van der Waals surface area contributed by atoms with Gasteiger partial charge in [-0.05, 0) is 37.6 Å². The summed E-state index contributed by atoms with van der Waals surface area (Å²) in [5, 5.41) is 6.34. The Morgan fingerprint density at radius 2 is 2.33 bits per heavy atom. The SMILES string of the molecule is CCCNC(C)c1cccc(SCCN2CCNC2=O)c1. The van der Waals surface area contributed by atoms with Crippen LogP contribution < -0.4 is 10.6 Å². The van der Waals surface area contributed by atoms with Crippen molar-refractivity contribution in [3.05, 3.63) is 29.8 Å². The molecule has 1 aliphatic rings. The molecule has 1 fully saturated rings. The molecule has 1 aromatic carbocycles. The summed E-state index contributed by atoms with van der Waals surface area (Å²) >= 11 is 1.82. The fraction of sp³-hybridized carbons (Fsp3) is 0.562. The summed E-state index contributed by atoms with van der Waals surface area (Å²) in [6.07, 6.45) is 1.15. The molecule has 0 bridgehead atoms. The van der Waals surface area contributed by atoms with Crippen LogP contribution in [0.5, 0.6) is 0 Å². The second-order valence-corrected chi connectivity index (χ2v) is 6.48. The largest absolute Gasteiger partial charge is 0.336 e. The lowest BCUT2D eigenvalue weighted by atomic mass is 10.1. The highest BCUT2D eigenvalue weighted by Gasteiger charge is 2.18. The van der Waals surface area contributed by atoms with E-state index >= 15 is 0 Å². The highest BCUT2D eigenvalue weighted by atomic mass is 32.2. The van der Waals surface area contributed by atoms with E-state index in [9.17, 15) is 4.79 Å². The lowest BCUT2D eigenvalue weighted by molar-refractivity contribution is 0.220. The molecule has 2 rings (SSSR count). The molecule has 1 atom stereocenters. The number of urea groups is 1. The van der Waals surface area contributed by atoms with Gasteiger partial charge in [0.15, 0.2) is 0 Å². The number of thioether (sulfide) groups is 1. The van der Waals surface area contributed by atoms with E-state index in [1.54, 1.807) is 0 Å². The number of carbonyl (C=O) groups excluding carboxylic acids is 1. The maximum atomic E-state index is 11.5. The Morgan fingerprint density at radius 3 is 3.05 bits per heavy atom. The minimum atomic E-state index is 0.0711. The van der Waals surface area contributed by atoms with Crippen molar-refractivity contribution in [1.82, 2.24) is 15.5 Å². The van der Waals surface area contributed by atoms with Crippen molar-refractivity contribution in [2.75, 3.05) is 31.9 Å². The lowest BCUT2D eigenvalue weighted by Crippen LogP contribution is -2.30. The third-order valence-electron chi connectivity index (χ3n) is 3.63. The maximum Gasteiger partial charge on any atom is 0.317 e. The molecule has 0 aliphatic carbocycles. The Morgan fingerprint density at radius 1 is 1.48 bits per heavy atom. The quantitative estimate of drug-likeness (QED) is 0.726. The average Bonchev–Trinajstić information content (AvgIpc) is 2.90. The van der Waals surface area contributed by atoms with E-state index in [1.165, 1.54) is 10.5 Å². The Labute approximate surface area is 131 Å². The van der Waals surface area contributed by atoms with Crippen LogP contribution in [-0.4, -0.2) is 42.9 Å². The van der Waals surface area contributed by atoms with E-state index in [2.05, 4.69) is 48.7 Å². The van der Waals surface area contributed by atoms with Crippen LogP contribution in [0.3, 0.4) is 0 Å². The van der Waals surface area contributed by atoms with Crippen molar-refractivity contribution in [3.8, 4) is 0 Å². The smallest absolute Gasteiger partial charge is 0.317 e. The first-order chi connectivity index (χ1) is 10.2. The summed E-state index contributed by atoms with van der Waals surface area (Å²) in [7, 11) is 0. The number of nitrogens with one attached hydrogen (secondary N) is 2. The van der Waals surface area contributed by atoms with Gasteiger partial charge in [0.2, 0.25) is 0 Å². The summed E-state index contributed by atoms with van der Waals surface area (Å²) in [6.45, 7) is 7.85. The first kappa shape index (κ1) is 16.2. The van der Waals surface area contributed by atoms with Gasteiger partial charge in [-0.2, -0.15) is 0 Å². The fourth-order valence-corrected chi connectivity index (χ4v) is 3.29. The molecule has 1 saturated heterocycles. The van der Waals surface area contributed by atoms with Gasteiger partial charge in [0.1, 0.15) is 0 Å². The molecule has 0 spiro atoms. The number of nitrogens with zero attached hydrogens (tertiary/aromatic N) is 1. The van der Waals surface area contributed by atoms with Crippen molar-refractivity contribution in [3.63, 3.8) is 0 Å². The van der Waals surface area contributed by atoms with Crippen LogP contribution in [0.15, 0.2) is 29.2 Å². The molecular formula is C16H25N3OS. The van der Waals surface area contributed by atoms with Crippen molar-refractivity contribution >= 4 is 17.8 Å². The molecule has 2 amide bonds. The number of rotatable bonds is 8. The van der Waals surface area contributed by atoms with Crippen LogP contribution in [0, 0.1) is 0 Å². The van der Waals surface area contributed by atoms with Gasteiger partial charge in [0, 0.05) is 36.3 Å². The minimum absolute atomic E-state index is 0.0711. The second-order valence-electron chi connectivity index (χ2n) is 5.32. The highest BCUT2D eigenvalue weighted by Crippen LogP contribution is 2.22. The lowest BCUT2D eigenvalue weighted by Gasteiger charge is -2.16. The molecule has 1 aliphatic heterocycles. The Bertz CT molecular complexity index is 467. The molecule has 0 radical (unpaired) electrons. The van der Waals surface area contributed by atoms with E-state index in [0.717, 1.165) is 38.4 Å². The molecule has 1 aromatic rings. The molecule has 1 unspecified atom stereocenters. The van der Waals surface area contributed by atoms with E-state index in [0.29, 0.717) is 6.04 Å². The van der Waals surface area contributed by atoms with Crippen molar-refractivity contribution < 1.29 is 4.79 Å². The fourth-order valence-electron chi connectivity index (χ4n) is 2.35. The zero-order valence-corrected chi connectivity index (χ0v) is 13.7. The van der Waals surface area contributed by atoms with Crippen LogP contribution in [0.4, 0.5) is 4.79 Å². The molecule has 1 heterocycles. The topological polar surface area (TPSA) is 44.4 Å². The number of hydrogen-bond donors (Lipinski definition) is 2. The molecule has 5 heteroatoms. The molecule has 0 saturated carbocycles. The normalized spacial score (nSPS) is 16.1. The molecule has 2 N–H and O–H groups in total. The molecule has 21 heavy (non-hydrogen) atoms. The number of carbonyl (C=O) groups is 1. The third kappa shape index (κ3) is 4.93. The standard InChI is InChI=1S/C16H25N3OS/c1-3-7-17-13(2)14-5-4-6-15(12-14)21-11-10-19-9-8-18-16(19)20/h4-6,12-13,17H,3,7-11H2,1-2H3,(H,18,20). The van der Waals surface area contributed by atoms with Crippen molar-refractivity contribution in [1.29, 1.82) is 0 Å². The first-order valence-electron chi connectivity index (χ1n) is 7.69. The predicted octanol–water partition coefficient (Wildman–Crippen LogP) is 2.86. The van der Waals surface area contributed by atoms with Crippen molar-refractivity contribution in [2.24, 2.45) is 0 Å². The number of hydrogen-bond acceptors (Lipinski definition) is 3. The van der Waals surface area contributed by atoms with Crippen molar-refractivity contribution in [2.45, 2.75) is 31.2 Å². The molecule has 116 valence electrons.